The van der Waals surface area contributed by atoms with Crippen LogP contribution < -0.4 is 25.1 Å². The minimum atomic E-state index is -4.01. The van der Waals surface area contributed by atoms with Gasteiger partial charge >= 0.3 is 11.7 Å². The molecule has 2 heterocycles. The van der Waals surface area contributed by atoms with Gasteiger partial charge in [0.15, 0.2) is 5.82 Å². The first-order chi connectivity index (χ1) is 19.0. The topological polar surface area (TPSA) is 202 Å². The molecule has 4 N–H and O–H groups in total. The van der Waals surface area contributed by atoms with Crippen molar-refractivity contribution in [3.8, 4) is 5.75 Å². The van der Waals surface area contributed by atoms with Gasteiger partial charge in [-0.05, 0) is 34.5 Å². The molecule has 40 heavy (non-hydrogen) atoms. The van der Waals surface area contributed by atoms with E-state index in [0.717, 1.165) is 7.05 Å². The number of hydrogen-bond donors (Lipinski definition) is 4. The number of aromatic nitrogens is 4. The van der Waals surface area contributed by atoms with Crippen LogP contribution in [0.5, 0.6) is 5.75 Å². The maximum atomic E-state index is 15.3. The number of fused-ring (bicyclic) bond motifs is 1. The van der Waals surface area contributed by atoms with Crippen LogP contribution in [0.3, 0.4) is 0 Å². The smallest absolute Gasteiger partial charge is 0.414 e. The van der Waals surface area contributed by atoms with Crippen molar-refractivity contribution in [2.45, 2.75) is 13.0 Å². The van der Waals surface area contributed by atoms with Crippen LogP contribution in [0.2, 0.25) is 0 Å². The number of ether oxygens (including phenoxy) is 1. The second kappa shape index (κ2) is 11.5. The van der Waals surface area contributed by atoms with Gasteiger partial charge < -0.3 is 19.4 Å². The average Bonchev–Trinajstić information content (AvgIpc) is 3.45. The highest BCUT2D eigenvalue weighted by Crippen LogP contribution is 2.28. The second-order valence-corrected chi connectivity index (χ2v) is 10.1. The van der Waals surface area contributed by atoms with E-state index < -0.39 is 33.7 Å². The fraction of sp³-hybridized carbons (Fsp3) is 0.217. The summed E-state index contributed by atoms with van der Waals surface area (Å²) < 4.78 is 53.9. The zero-order chi connectivity index (χ0) is 29.0. The maximum absolute atomic E-state index is 15.3. The van der Waals surface area contributed by atoms with Gasteiger partial charge in [-0.1, -0.05) is 12.1 Å². The van der Waals surface area contributed by atoms with Crippen molar-refractivity contribution in [2.24, 2.45) is 0 Å². The Bertz CT molecular complexity index is 1740. The minimum Gasteiger partial charge on any atom is -0.422 e. The number of rotatable bonds is 9. The van der Waals surface area contributed by atoms with E-state index in [0.29, 0.717) is 5.39 Å². The number of carbonyl (C=O) groups is 2. The molecule has 0 aliphatic rings. The van der Waals surface area contributed by atoms with Gasteiger partial charge in [0, 0.05) is 51.1 Å². The number of nitrogens with one attached hydrogen (secondary N) is 4. The van der Waals surface area contributed by atoms with Gasteiger partial charge in [0.1, 0.15) is 11.3 Å². The molecule has 2 aromatic heterocycles. The summed E-state index contributed by atoms with van der Waals surface area (Å²) in [5.74, 6) is -1.76. The number of nitrogens with zero attached hydrogens (tertiary/aromatic N) is 4. The fourth-order valence-corrected chi connectivity index (χ4v) is 4.16. The van der Waals surface area contributed by atoms with E-state index in [-0.39, 0.29) is 52.5 Å². The molecule has 0 atom stereocenters. The molecule has 0 saturated heterocycles. The summed E-state index contributed by atoms with van der Waals surface area (Å²) in [6.45, 7) is -0.227. The van der Waals surface area contributed by atoms with Crippen LogP contribution in [-0.4, -0.2) is 67.1 Å². The van der Waals surface area contributed by atoms with E-state index in [2.05, 4.69) is 30.7 Å². The number of aromatic amines is 1. The SMILES string of the molecule is CNS(=O)(=O)Nc1cccc(Cc2c(CNC(=O)c3nn[nH]n3)c3ccc(OC(=O)N(C)C)cc3oc2=O)c1F. The number of benzene rings is 2. The standard InChI is InChI=1S/C23H23FN8O7S/c1-25-40(36,37)29-17-6-4-5-12(19(17)24)9-15-16(11-26-21(33)20-27-30-31-28-20)14-8-7-13(38-23(35)32(2)3)10-18(14)39-22(15)34/h4-8,10,25,29H,9,11H2,1-3H3,(H,26,33)(H,27,28,30,31). The zero-order valence-electron chi connectivity index (χ0n) is 21.3. The van der Waals surface area contributed by atoms with E-state index in [1.54, 1.807) is 0 Å². The van der Waals surface area contributed by atoms with Gasteiger partial charge in [-0.25, -0.2) is 18.7 Å². The lowest BCUT2D eigenvalue weighted by molar-refractivity contribution is 0.0940. The Labute approximate surface area is 225 Å². The van der Waals surface area contributed by atoms with Crippen LogP contribution in [0.25, 0.3) is 11.0 Å². The molecule has 0 spiro atoms. The van der Waals surface area contributed by atoms with Gasteiger partial charge in [-0.15, -0.1) is 10.2 Å². The van der Waals surface area contributed by atoms with Gasteiger partial charge in [-0.3, -0.25) is 9.52 Å². The van der Waals surface area contributed by atoms with Crippen molar-refractivity contribution in [3.63, 3.8) is 0 Å². The van der Waals surface area contributed by atoms with Gasteiger partial charge in [-0.2, -0.15) is 13.6 Å². The van der Waals surface area contributed by atoms with Gasteiger partial charge in [0.05, 0.1) is 5.69 Å². The Hall–Kier alpha value is -4.90. The Balaban J connectivity index is 1.78. The molecular formula is C23H23FN8O7S. The average molecular weight is 575 g/mol. The van der Waals surface area contributed by atoms with Crippen LogP contribution >= 0.6 is 0 Å². The van der Waals surface area contributed by atoms with E-state index >= 15 is 4.39 Å². The lowest BCUT2D eigenvalue weighted by Gasteiger charge is -2.15. The summed E-state index contributed by atoms with van der Waals surface area (Å²) in [7, 11) is 0.142. The number of tetrazole rings is 1. The second-order valence-electron chi connectivity index (χ2n) is 8.45. The lowest BCUT2D eigenvalue weighted by Crippen LogP contribution is -2.27. The van der Waals surface area contributed by atoms with Crippen LogP contribution in [0.4, 0.5) is 14.9 Å². The summed E-state index contributed by atoms with van der Waals surface area (Å²) in [5, 5.41) is 15.6. The number of amides is 2. The Morgan fingerprint density at radius 3 is 2.62 bits per heavy atom. The predicted molar refractivity (Wildman–Crippen MR) is 138 cm³/mol. The zero-order valence-corrected chi connectivity index (χ0v) is 22.1. The third-order valence-electron chi connectivity index (χ3n) is 5.59. The molecule has 0 saturated carbocycles. The molecule has 2 amide bonds. The molecule has 210 valence electrons. The van der Waals surface area contributed by atoms with Gasteiger partial charge in [0.25, 0.3) is 21.9 Å². The summed E-state index contributed by atoms with van der Waals surface area (Å²) in [4.78, 5) is 38.8. The quantitative estimate of drug-likeness (QED) is 0.208. The monoisotopic (exact) mass is 574 g/mol. The predicted octanol–water partition coefficient (Wildman–Crippen LogP) is 0.902. The highest BCUT2D eigenvalue weighted by atomic mass is 32.2. The van der Waals surface area contributed by atoms with Crippen LogP contribution in [0.1, 0.15) is 27.3 Å². The molecule has 15 nitrogen and oxygen atoms in total. The van der Waals surface area contributed by atoms with Crippen LogP contribution in [0, 0.1) is 5.82 Å². The van der Waals surface area contributed by atoms with Crippen molar-refractivity contribution in [1.29, 1.82) is 0 Å². The van der Waals surface area contributed by atoms with E-state index in [1.807, 2.05) is 4.72 Å². The molecule has 0 aliphatic heterocycles. The minimum absolute atomic E-state index is 0.00790. The highest BCUT2D eigenvalue weighted by Gasteiger charge is 2.21. The summed E-state index contributed by atoms with van der Waals surface area (Å²) in [6, 6.07) is 8.33. The first kappa shape index (κ1) is 28.1. The number of H-pyrrole nitrogens is 1. The first-order valence-corrected chi connectivity index (χ1v) is 13.0. The Morgan fingerprint density at radius 1 is 1.18 bits per heavy atom. The third-order valence-corrected chi connectivity index (χ3v) is 6.62. The molecule has 17 heteroatoms. The number of carbonyl (C=O) groups excluding carboxylic acids is 2. The molecule has 4 rings (SSSR count). The van der Waals surface area contributed by atoms with Crippen molar-refractivity contribution in [2.75, 3.05) is 25.9 Å². The molecule has 0 bridgehead atoms. The molecule has 0 aliphatic carbocycles. The molecule has 0 fully saturated rings. The van der Waals surface area contributed by atoms with Crippen molar-refractivity contribution < 1.29 is 31.6 Å². The van der Waals surface area contributed by atoms with Crippen molar-refractivity contribution >= 4 is 38.9 Å². The summed E-state index contributed by atoms with van der Waals surface area (Å²) >= 11 is 0. The van der Waals surface area contributed by atoms with Crippen LogP contribution in [0.15, 0.2) is 45.6 Å². The van der Waals surface area contributed by atoms with Gasteiger partial charge in [0.2, 0.25) is 0 Å². The number of halogens is 1. The molecule has 0 radical (unpaired) electrons. The fourth-order valence-electron chi connectivity index (χ4n) is 3.61. The maximum Gasteiger partial charge on any atom is 0.414 e. The first-order valence-electron chi connectivity index (χ1n) is 11.5. The molecule has 2 aromatic carbocycles. The van der Waals surface area contributed by atoms with Crippen LogP contribution in [-0.2, 0) is 23.2 Å². The molecular weight excluding hydrogens is 551 g/mol. The Kier molecular flexibility index (Phi) is 8.05. The summed E-state index contributed by atoms with van der Waals surface area (Å²) in [5.41, 5.74) is -0.909. The van der Waals surface area contributed by atoms with Crippen molar-refractivity contribution in [1.82, 2.24) is 35.6 Å². The number of anilines is 1. The largest absolute Gasteiger partial charge is 0.422 e. The molecule has 4 aromatic rings. The number of hydrogen-bond acceptors (Lipinski definition) is 10. The highest BCUT2D eigenvalue weighted by molar-refractivity contribution is 7.90. The summed E-state index contributed by atoms with van der Waals surface area (Å²) in [6.07, 6.45) is -0.973. The Morgan fingerprint density at radius 2 is 1.95 bits per heavy atom. The van der Waals surface area contributed by atoms with E-state index in [4.69, 9.17) is 9.15 Å². The lowest BCUT2D eigenvalue weighted by atomic mass is 9.97. The van der Waals surface area contributed by atoms with E-state index in [1.165, 1.54) is 55.4 Å². The van der Waals surface area contributed by atoms with E-state index in [9.17, 15) is 22.8 Å². The van der Waals surface area contributed by atoms with Crippen molar-refractivity contribution in [3.05, 3.63) is 75.2 Å². The molecule has 0 unspecified atom stereocenters. The normalized spacial score (nSPS) is 11.3. The third kappa shape index (κ3) is 6.21.